The largest absolute Gasteiger partial charge is 0.357 e. The number of hydrogen-bond donors (Lipinski definition) is 1. The summed E-state index contributed by atoms with van der Waals surface area (Å²) in [6.45, 7) is 3.29. The van der Waals surface area contributed by atoms with E-state index in [1.807, 2.05) is 50.2 Å². The van der Waals surface area contributed by atoms with Crippen LogP contribution in [0.4, 0.5) is 5.69 Å². The van der Waals surface area contributed by atoms with E-state index in [2.05, 4.69) is 5.32 Å². The summed E-state index contributed by atoms with van der Waals surface area (Å²) in [4.78, 5) is 29.1. The first-order chi connectivity index (χ1) is 20.5. The molecule has 0 aliphatic heterocycles. The van der Waals surface area contributed by atoms with Gasteiger partial charge in [-0.2, -0.15) is 0 Å². The van der Waals surface area contributed by atoms with Crippen LogP contribution in [-0.2, 0) is 32.6 Å². The maximum Gasteiger partial charge on any atom is 0.264 e. The first-order valence-electron chi connectivity index (χ1n) is 13.6. The number of rotatable bonds is 11. The van der Waals surface area contributed by atoms with Crippen molar-refractivity contribution in [2.45, 2.75) is 37.8 Å². The van der Waals surface area contributed by atoms with Crippen molar-refractivity contribution < 1.29 is 18.0 Å². The molecule has 0 aromatic heterocycles. The Labute approximate surface area is 263 Å². The highest BCUT2D eigenvalue weighted by Crippen LogP contribution is 2.28. The minimum atomic E-state index is -4.21. The number of nitrogens with one attached hydrogen (secondary N) is 1. The van der Waals surface area contributed by atoms with Crippen LogP contribution in [0.15, 0.2) is 102 Å². The van der Waals surface area contributed by atoms with Crippen LogP contribution in [0.25, 0.3) is 0 Å². The number of benzene rings is 4. The van der Waals surface area contributed by atoms with E-state index in [9.17, 15) is 18.0 Å². The van der Waals surface area contributed by atoms with Gasteiger partial charge in [0.25, 0.3) is 10.0 Å². The smallest absolute Gasteiger partial charge is 0.264 e. The van der Waals surface area contributed by atoms with Gasteiger partial charge < -0.3 is 10.2 Å². The van der Waals surface area contributed by atoms with E-state index < -0.39 is 28.5 Å². The molecule has 1 N–H and O–H groups in total. The molecule has 0 saturated heterocycles. The van der Waals surface area contributed by atoms with Gasteiger partial charge in [-0.3, -0.25) is 13.9 Å². The lowest BCUT2D eigenvalue weighted by Crippen LogP contribution is -2.53. The first-order valence-corrected chi connectivity index (χ1v) is 15.8. The first kappa shape index (κ1) is 32.1. The molecule has 0 fully saturated rings. The summed E-state index contributed by atoms with van der Waals surface area (Å²) in [5.74, 6) is -0.933. The van der Waals surface area contributed by atoms with Crippen LogP contribution in [0.3, 0.4) is 0 Å². The number of aryl methyl sites for hydroxylation is 2. The molecule has 10 heteroatoms. The molecule has 0 radical (unpaired) electrons. The SMILES string of the molecule is CNC(=O)[C@@H](Cc1ccccc1)N(Cc1cccc(Cl)c1)C(=O)CN(c1ccc(C)c(C)c1)S(=O)(=O)c1ccc(Cl)cc1. The van der Waals surface area contributed by atoms with Crippen LogP contribution in [0, 0.1) is 13.8 Å². The second kappa shape index (κ2) is 14.1. The van der Waals surface area contributed by atoms with Crippen molar-refractivity contribution in [3.05, 3.63) is 129 Å². The maximum atomic E-state index is 14.3. The third-order valence-corrected chi connectivity index (χ3v) is 9.49. The van der Waals surface area contributed by atoms with E-state index in [0.717, 1.165) is 21.0 Å². The number of anilines is 1. The maximum absolute atomic E-state index is 14.3. The summed E-state index contributed by atoms with van der Waals surface area (Å²) in [6, 6.07) is 26.4. The van der Waals surface area contributed by atoms with Gasteiger partial charge in [-0.25, -0.2) is 8.42 Å². The number of halogens is 2. The van der Waals surface area contributed by atoms with Gasteiger partial charge in [-0.05, 0) is 84.6 Å². The van der Waals surface area contributed by atoms with E-state index >= 15 is 0 Å². The summed E-state index contributed by atoms with van der Waals surface area (Å²) in [7, 11) is -2.70. The summed E-state index contributed by atoms with van der Waals surface area (Å²) in [6.07, 6.45) is 0.223. The van der Waals surface area contributed by atoms with Crippen LogP contribution in [0.2, 0.25) is 10.0 Å². The number of nitrogens with zero attached hydrogens (tertiary/aromatic N) is 2. The van der Waals surface area contributed by atoms with Gasteiger partial charge in [0.05, 0.1) is 10.6 Å². The third kappa shape index (κ3) is 7.96. The lowest BCUT2D eigenvalue weighted by atomic mass is 10.0. The van der Waals surface area contributed by atoms with Crippen molar-refractivity contribution in [2.75, 3.05) is 17.9 Å². The molecule has 0 aliphatic rings. The second-order valence-electron chi connectivity index (χ2n) is 10.2. The van der Waals surface area contributed by atoms with E-state index in [1.54, 1.807) is 36.4 Å². The molecule has 224 valence electrons. The highest BCUT2D eigenvalue weighted by Gasteiger charge is 2.34. The predicted octanol–water partition coefficient (Wildman–Crippen LogP) is 6.19. The average Bonchev–Trinajstić information content (AvgIpc) is 2.99. The Morgan fingerprint density at radius 1 is 0.791 bits per heavy atom. The minimum absolute atomic E-state index is 0.0172. The molecule has 4 aromatic carbocycles. The fraction of sp³-hybridized carbons (Fsp3) is 0.212. The van der Waals surface area contributed by atoms with Crippen LogP contribution in [0.5, 0.6) is 0 Å². The van der Waals surface area contributed by atoms with Crippen molar-refractivity contribution >= 4 is 50.7 Å². The quantitative estimate of drug-likeness (QED) is 0.212. The Bertz CT molecular complexity index is 1700. The molecule has 0 heterocycles. The van der Waals surface area contributed by atoms with Gasteiger partial charge in [0.1, 0.15) is 12.6 Å². The van der Waals surface area contributed by atoms with Crippen molar-refractivity contribution in [1.29, 1.82) is 0 Å². The summed E-state index contributed by atoms with van der Waals surface area (Å²) in [5.41, 5.74) is 3.71. The standard InChI is InChI=1S/C33H33Cl2N3O4S/c1-23-12-15-29(18-24(23)2)38(43(41,42)30-16-13-27(34)14-17-30)22-32(39)37(21-26-10-7-11-28(35)19-26)31(33(40)36-3)20-25-8-5-4-6-9-25/h4-19,31H,20-22H2,1-3H3,(H,36,40)/t31-/m1/s1. The Hall–Kier alpha value is -3.85. The highest BCUT2D eigenvalue weighted by atomic mass is 35.5. The summed E-state index contributed by atoms with van der Waals surface area (Å²) >= 11 is 12.3. The molecule has 0 spiro atoms. The molecule has 0 bridgehead atoms. The van der Waals surface area contributed by atoms with Crippen molar-refractivity contribution in [1.82, 2.24) is 10.2 Å². The summed E-state index contributed by atoms with van der Waals surface area (Å²) < 4.78 is 29.2. The molecule has 0 saturated carbocycles. The van der Waals surface area contributed by atoms with Gasteiger partial charge in [0.2, 0.25) is 11.8 Å². The molecule has 0 aliphatic carbocycles. The number of hydrogen-bond acceptors (Lipinski definition) is 4. The van der Waals surface area contributed by atoms with Gasteiger partial charge >= 0.3 is 0 Å². The average molecular weight is 639 g/mol. The van der Waals surface area contributed by atoms with Crippen LogP contribution in [0.1, 0.15) is 22.3 Å². The summed E-state index contributed by atoms with van der Waals surface area (Å²) in [5, 5.41) is 3.54. The van der Waals surface area contributed by atoms with Crippen molar-refractivity contribution in [3.8, 4) is 0 Å². The third-order valence-electron chi connectivity index (χ3n) is 7.22. The van der Waals surface area contributed by atoms with Crippen molar-refractivity contribution in [2.24, 2.45) is 0 Å². The number of carbonyl (C=O) groups excluding carboxylic acids is 2. The van der Waals surface area contributed by atoms with E-state index in [0.29, 0.717) is 21.3 Å². The Morgan fingerprint density at radius 3 is 2.09 bits per heavy atom. The normalized spacial score (nSPS) is 11.9. The van der Waals surface area contributed by atoms with E-state index in [4.69, 9.17) is 23.2 Å². The minimum Gasteiger partial charge on any atom is -0.357 e. The number of likely N-dealkylation sites (N-methyl/N-ethyl adjacent to an activating group) is 1. The van der Waals surface area contributed by atoms with Gasteiger partial charge in [0, 0.05) is 30.1 Å². The fourth-order valence-electron chi connectivity index (χ4n) is 4.70. The topological polar surface area (TPSA) is 86.8 Å². The molecule has 0 unspecified atom stereocenters. The Morgan fingerprint density at radius 2 is 1.47 bits per heavy atom. The molecule has 7 nitrogen and oxygen atoms in total. The van der Waals surface area contributed by atoms with Gasteiger partial charge in [-0.15, -0.1) is 0 Å². The fourth-order valence-corrected chi connectivity index (χ4v) is 6.44. The number of amides is 2. The molecule has 4 aromatic rings. The molecular weight excluding hydrogens is 605 g/mol. The lowest BCUT2D eigenvalue weighted by Gasteiger charge is -2.33. The van der Waals surface area contributed by atoms with Crippen LogP contribution >= 0.6 is 23.2 Å². The zero-order chi connectivity index (χ0) is 31.1. The molecule has 4 rings (SSSR count). The molecule has 1 atom stereocenters. The monoisotopic (exact) mass is 637 g/mol. The van der Waals surface area contributed by atoms with Crippen LogP contribution < -0.4 is 9.62 Å². The second-order valence-corrected chi connectivity index (χ2v) is 12.9. The van der Waals surface area contributed by atoms with Gasteiger partial charge in [-0.1, -0.05) is 71.7 Å². The van der Waals surface area contributed by atoms with Crippen molar-refractivity contribution in [3.63, 3.8) is 0 Å². The molecular formula is C33H33Cl2N3O4S. The number of carbonyl (C=O) groups is 2. The zero-order valence-electron chi connectivity index (χ0n) is 24.1. The van der Waals surface area contributed by atoms with E-state index in [1.165, 1.54) is 36.2 Å². The zero-order valence-corrected chi connectivity index (χ0v) is 26.5. The molecule has 2 amide bonds. The van der Waals surface area contributed by atoms with Crippen LogP contribution in [-0.4, -0.2) is 44.8 Å². The lowest BCUT2D eigenvalue weighted by molar-refractivity contribution is -0.139. The van der Waals surface area contributed by atoms with E-state index in [-0.39, 0.29) is 23.8 Å². The predicted molar refractivity (Wildman–Crippen MR) is 172 cm³/mol. The van der Waals surface area contributed by atoms with Gasteiger partial charge in [0.15, 0.2) is 0 Å². The molecule has 43 heavy (non-hydrogen) atoms. The highest BCUT2D eigenvalue weighted by molar-refractivity contribution is 7.92. The Balaban J connectivity index is 1.80. The Kier molecular flexibility index (Phi) is 10.5. The number of sulfonamides is 1.